The van der Waals surface area contributed by atoms with E-state index in [4.69, 9.17) is 0 Å². The molecule has 13 heavy (non-hydrogen) atoms. The van der Waals surface area contributed by atoms with E-state index >= 15 is 0 Å². The van der Waals surface area contributed by atoms with Gasteiger partial charge >= 0.3 is 0 Å². The molecule has 0 radical (unpaired) electrons. The molecule has 0 saturated carbocycles. The molecule has 0 aliphatic carbocycles. The van der Waals surface area contributed by atoms with Crippen LogP contribution in [0.4, 0.5) is 0 Å². The highest BCUT2D eigenvalue weighted by atomic mass is 16.1. The van der Waals surface area contributed by atoms with Crippen molar-refractivity contribution in [3.05, 3.63) is 23.4 Å². The Morgan fingerprint density at radius 2 is 2.46 bits per heavy atom. The first-order valence-corrected chi connectivity index (χ1v) is 4.52. The first-order valence-electron chi connectivity index (χ1n) is 4.52. The Kier molecular flexibility index (Phi) is 1.96. The van der Waals surface area contributed by atoms with Crippen molar-refractivity contribution in [2.75, 3.05) is 20.1 Å². The highest BCUT2D eigenvalue weighted by molar-refractivity contribution is 5.86. The normalized spacial score (nSPS) is 27.4. The molecule has 2 aliphatic heterocycles. The number of nitrogens with one attached hydrogen (secondary N) is 1. The van der Waals surface area contributed by atoms with Gasteiger partial charge in [0.15, 0.2) is 5.78 Å². The van der Waals surface area contributed by atoms with E-state index in [-0.39, 0.29) is 11.8 Å². The van der Waals surface area contributed by atoms with Crippen LogP contribution in [-0.2, 0) is 4.79 Å². The van der Waals surface area contributed by atoms with Crippen LogP contribution in [0, 0.1) is 0 Å². The molecule has 3 heteroatoms. The lowest BCUT2D eigenvalue weighted by molar-refractivity contribution is -0.119. The van der Waals surface area contributed by atoms with Crippen LogP contribution in [0.1, 0.15) is 6.92 Å². The minimum atomic E-state index is -0.00616. The lowest BCUT2D eigenvalue weighted by Gasteiger charge is -2.18. The molecule has 3 nitrogen and oxygen atoms in total. The average Bonchev–Trinajstić information content (AvgIpc) is 2.39. The second kappa shape index (κ2) is 3.00. The zero-order valence-corrected chi connectivity index (χ0v) is 8.00. The third kappa shape index (κ3) is 1.29. The van der Waals surface area contributed by atoms with Crippen molar-refractivity contribution >= 4 is 5.78 Å². The summed E-state index contributed by atoms with van der Waals surface area (Å²) >= 11 is 0. The number of carbonyl (C=O) groups is 1. The number of hydrogen-bond acceptors (Lipinski definition) is 3. The van der Waals surface area contributed by atoms with Gasteiger partial charge in [-0.15, -0.1) is 0 Å². The molecule has 0 aromatic rings. The topological polar surface area (TPSA) is 32.3 Å². The van der Waals surface area contributed by atoms with Gasteiger partial charge in [-0.05, 0) is 37.4 Å². The van der Waals surface area contributed by atoms with Gasteiger partial charge in [-0.3, -0.25) is 9.69 Å². The molecule has 2 rings (SSSR count). The molecular formula is C10H14N2O. The molecule has 1 atom stereocenters. The smallest absolute Gasteiger partial charge is 0.151 e. The Morgan fingerprint density at radius 1 is 1.69 bits per heavy atom. The highest BCUT2D eigenvalue weighted by Gasteiger charge is 2.32. The van der Waals surface area contributed by atoms with Crippen molar-refractivity contribution < 1.29 is 4.79 Å². The van der Waals surface area contributed by atoms with E-state index in [9.17, 15) is 4.79 Å². The van der Waals surface area contributed by atoms with Crippen LogP contribution >= 0.6 is 0 Å². The van der Waals surface area contributed by atoms with Gasteiger partial charge in [0, 0.05) is 13.1 Å². The molecule has 0 aromatic heterocycles. The van der Waals surface area contributed by atoms with Crippen molar-refractivity contribution in [3.8, 4) is 0 Å². The fraction of sp³-hybridized carbons (Fsp3) is 0.500. The molecule has 70 valence electrons. The van der Waals surface area contributed by atoms with E-state index in [1.807, 2.05) is 19.3 Å². The summed E-state index contributed by atoms with van der Waals surface area (Å²) in [4.78, 5) is 13.5. The third-order valence-electron chi connectivity index (χ3n) is 2.67. The molecule has 0 aromatic carbocycles. The van der Waals surface area contributed by atoms with Gasteiger partial charge in [-0.1, -0.05) is 0 Å². The molecule has 2 aliphatic rings. The van der Waals surface area contributed by atoms with Crippen LogP contribution in [-0.4, -0.2) is 36.9 Å². The largest absolute Gasteiger partial charge is 0.387 e. The maximum Gasteiger partial charge on any atom is 0.151 e. The van der Waals surface area contributed by atoms with Gasteiger partial charge in [-0.25, -0.2) is 0 Å². The Morgan fingerprint density at radius 3 is 3.15 bits per heavy atom. The summed E-state index contributed by atoms with van der Waals surface area (Å²) in [6.07, 6.45) is 3.95. The first-order chi connectivity index (χ1) is 6.20. The van der Waals surface area contributed by atoms with E-state index in [0.29, 0.717) is 0 Å². The fourth-order valence-electron chi connectivity index (χ4n) is 2.14. The molecule has 0 spiro atoms. The fourth-order valence-corrected chi connectivity index (χ4v) is 2.14. The molecule has 0 amide bonds. The number of dihydropyridines is 1. The Labute approximate surface area is 78.1 Å². The molecule has 2 heterocycles. The summed E-state index contributed by atoms with van der Waals surface area (Å²) in [5.41, 5.74) is 2.55. The number of carbonyl (C=O) groups excluding carboxylic acids is 1. The van der Waals surface area contributed by atoms with Gasteiger partial charge in [0.1, 0.15) is 0 Å². The number of likely N-dealkylation sites (N-methyl/N-ethyl adjacent to an activating group) is 1. The minimum Gasteiger partial charge on any atom is -0.387 e. The standard InChI is InChI=1S/C10H14N2O/c1-7(13)10-9-3-4-11-5-8(9)6-12(10)2/h3-4,10-11H,5-6H2,1-2H3. The van der Waals surface area contributed by atoms with Crippen LogP contribution < -0.4 is 5.32 Å². The van der Waals surface area contributed by atoms with E-state index in [0.717, 1.165) is 13.1 Å². The van der Waals surface area contributed by atoms with Crippen LogP contribution in [0.25, 0.3) is 0 Å². The maximum absolute atomic E-state index is 11.4. The predicted octanol–water partition coefficient (Wildman–Crippen LogP) is 0.303. The summed E-state index contributed by atoms with van der Waals surface area (Å²) in [7, 11) is 2.00. The Balaban J connectivity index is 2.32. The summed E-state index contributed by atoms with van der Waals surface area (Å²) in [5.74, 6) is 0.235. The monoisotopic (exact) mass is 178 g/mol. The van der Waals surface area contributed by atoms with E-state index in [1.54, 1.807) is 6.92 Å². The van der Waals surface area contributed by atoms with Crippen LogP contribution in [0.15, 0.2) is 23.4 Å². The van der Waals surface area contributed by atoms with Crippen molar-refractivity contribution in [2.24, 2.45) is 0 Å². The highest BCUT2D eigenvalue weighted by Crippen LogP contribution is 2.26. The summed E-state index contributed by atoms with van der Waals surface area (Å²) in [5, 5.41) is 3.16. The minimum absolute atomic E-state index is 0.00616. The summed E-state index contributed by atoms with van der Waals surface area (Å²) in [6.45, 7) is 3.46. The Hall–Kier alpha value is -1.09. The van der Waals surface area contributed by atoms with Crippen molar-refractivity contribution in [1.82, 2.24) is 10.2 Å². The average molecular weight is 178 g/mol. The van der Waals surface area contributed by atoms with E-state index in [1.165, 1.54) is 11.1 Å². The third-order valence-corrected chi connectivity index (χ3v) is 2.67. The van der Waals surface area contributed by atoms with Crippen molar-refractivity contribution in [1.29, 1.82) is 0 Å². The lowest BCUT2D eigenvalue weighted by atomic mass is 10.0. The van der Waals surface area contributed by atoms with Gasteiger partial charge in [0.2, 0.25) is 0 Å². The SMILES string of the molecule is CC(=O)C1C2=C(CNC=C2)CN1C. The van der Waals surface area contributed by atoms with Crippen LogP contribution in [0.3, 0.4) is 0 Å². The molecule has 0 bridgehead atoms. The number of rotatable bonds is 1. The van der Waals surface area contributed by atoms with E-state index < -0.39 is 0 Å². The molecular weight excluding hydrogens is 164 g/mol. The summed E-state index contributed by atoms with van der Waals surface area (Å²) < 4.78 is 0. The van der Waals surface area contributed by atoms with Gasteiger partial charge < -0.3 is 5.32 Å². The van der Waals surface area contributed by atoms with Gasteiger partial charge in [0.05, 0.1) is 6.04 Å². The number of nitrogens with zero attached hydrogens (tertiary/aromatic N) is 1. The molecule has 0 saturated heterocycles. The van der Waals surface area contributed by atoms with E-state index in [2.05, 4.69) is 10.2 Å². The van der Waals surface area contributed by atoms with Gasteiger partial charge in [0.25, 0.3) is 0 Å². The molecule has 1 N–H and O–H groups in total. The first kappa shape index (κ1) is 8.51. The summed E-state index contributed by atoms with van der Waals surface area (Å²) in [6, 6.07) is -0.00616. The Bertz CT molecular complexity index is 304. The number of Topliss-reactive ketones (excluding diaryl/α,β-unsaturated/α-hetero) is 1. The van der Waals surface area contributed by atoms with Gasteiger partial charge in [-0.2, -0.15) is 0 Å². The van der Waals surface area contributed by atoms with Crippen molar-refractivity contribution in [3.63, 3.8) is 0 Å². The van der Waals surface area contributed by atoms with Crippen LogP contribution in [0.2, 0.25) is 0 Å². The molecule has 0 fully saturated rings. The zero-order chi connectivity index (χ0) is 9.42. The van der Waals surface area contributed by atoms with Crippen molar-refractivity contribution in [2.45, 2.75) is 13.0 Å². The molecule has 1 unspecified atom stereocenters. The zero-order valence-electron chi connectivity index (χ0n) is 8.00. The quantitative estimate of drug-likeness (QED) is 0.627. The number of hydrogen-bond donors (Lipinski definition) is 1. The number of ketones is 1. The predicted molar refractivity (Wildman–Crippen MR) is 51.3 cm³/mol. The second-order valence-electron chi connectivity index (χ2n) is 3.70. The second-order valence-corrected chi connectivity index (χ2v) is 3.70. The maximum atomic E-state index is 11.4. The van der Waals surface area contributed by atoms with Crippen LogP contribution in [0.5, 0.6) is 0 Å². The lowest BCUT2D eigenvalue weighted by Crippen LogP contribution is -2.33.